The van der Waals surface area contributed by atoms with Gasteiger partial charge in [-0.05, 0) is 28.1 Å². The number of benzene rings is 1. The molecule has 0 aliphatic heterocycles. The van der Waals surface area contributed by atoms with Crippen molar-refractivity contribution in [2.24, 2.45) is 0 Å². The summed E-state index contributed by atoms with van der Waals surface area (Å²) in [6.45, 7) is 0. The molecule has 2 N–H and O–H groups in total. The SMILES string of the molecule is CNS(=O)(=O)Nc1cccc(Cl)c1Br. The van der Waals surface area contributed by atoms with E-state index in [1.54, 1.807) is 18.2 Å². The summed E-state index contributed by atoms with van der Waals surface area (Å²) in [5, 5.41) is 0.446. The molecule has 0 aliphatic carbocycles. The van der Waals surface area contributed by atoms with Gasteiger partial charge in [0.25, 0.3) is 10.2 Å². The van der Waals surface area contributed by atoms with E-state index in [-0.39, 0.29) is 0 Å². The summed E-state index contributed by atoms with van der Waals surface area (Å²) in [4.78, 5) is 0. The zero-order valence-corrected chi connectivity index (χ0v) is 10.4. The smallest absolute Gasteiger partial charge is 0.270 e. The maximum Gasteiger partial charge on any atom is 0.298 e. The first-order valence-corrected chi connectivity index (χ1v) is 6.27. The average molecular weight is 300 g/mol. The second kappa shape index (κ2) is 4.48. The van der Waals surface area contributed by atoms with Crippen LogP contribution in [0.3, 0.4) is 0 Å². The van der Waals surface area contributed by atoms with Gasteiger partial charge in [0, 0.05) is 7.05 Å². The predicted octanol–water partition coefficient (Wildman–Crippen LogP) is 1.98. The molecule has 14 heavy (non-hydrogen) atoms. The molecule has 0 radical (unpaired) electrons. The molecule has 7 heteroatoms. The van der Waals surface area contributed by atoms with E-state index in [2.05, 4.69) is 25.4 Å². The van der Waals surface area contributed by atoms with Crippen molar-refractivity contribution in [2.75, 3.05) is 11.8 Å². The van der Waals surface area contributed by atoms with E-state index >= 15 is 0 Å². The van der Waals surface area contributed by atoms with Gasteiger partial charge in [-0.15, -0.1) is 0 Å². The summed E-state index contributed by atoms with van der Waals surface area (Å²) in [6, 6.07) is 4.91. The number of rotatable bonds is 3. The largest absolute Gasteiger partial charge is 0.298 e. The van der Waals surface area contributed by atoms with Crippen LogP contribution in [0.1, 0.15) is 0 Å². The molecule has 0 saturated carbocycles. The van der Waals surface area contributed by atoms with Crippen molar-refractivity contribution < 1.29 is 8.42 Å². The fourth-order valence-corrected chi connectivity index (χ4v) is 2.01. The van der Waals surface area contributed by atoms with Crippen LogP contribution in [0, 0.1) is 0 Å². The minimum atomic E-state index is -3.50. The molecule has 0 atom stereocenters. The van der Waals surface area contributed by atoms with Crippen molar-refractivity contribution in [2.45, 2.75) is 0 Å². The maximum atomic E-state index is 11.1. The second-order valence-electron chi connectivity index (χ2n) is 2.41. The summed E-state index contributed by atoms with van der Waals surface area (Å²) >= 11 is 8.96. The molecule has 0 aliphatic rings. The molecule has 0 unspecified atom stereocenters. The minimum Gasteiger partial charge on any atom is -0.270 e. The molecule has 78 valence electrons. The number of anilines is 1. The molecule has 0 heterocycles. The molecule has 0 spiro atoms. The van der Waals surface area contributed by atoms with Crippen LogP contribution in [-0.2, 0) is 10.2 Å². The predicted molar refractivity (Wildman–Crippen MR) is 60.8 cm³/mol. The van der Waals surface area contributed by atoms with Crippen molar-refractivity contribution in [3.05, 3.63) is 27.7 Å². The van der Waals surface area contributed by atoms with Crippen molar-refractivity contribution in [3.63, 3.8) is 0 Å². The van der Waals surface area contributed by atoms with Gasteiger partial charge in [-0.25, -0.2) is 4.72 Å². The van der Waals surface area contributed by atoms with Gasteiger partial charge in [-0.1, -0.05) is 17.7 Å². The number of hydrogen-bond acceptors (Lipinski definition) is 2. The number of halogens is 2. The Morgan fingerprint density at radius 2 is 2.07 bits per heavy atom. The normalized spacial score (nSPS) is 11.4. The van der Waals surface area contributed by atoms with E-state index in [0.29, 0.717) is 15.2 Å². The Labute approximate surface area is 96.0 Å². The first kappa shape index (κ1) is 11.8. The molecule has 1 rings (SSSR count). The van der Waals surface area contributed by atoms with E-state index in [1.807, 2.05) is 0 Å². The van der Waals surface area contributed by atoms with E-state index in [9.17, 15) is 8.42 Å². The molecule has 0 aromatic heterocycles. The van der Waals surface area contributed by atoms with Crippen LogP contribution in [0.15, 0.2) is 22.7 Å². The van der Waals surface area contributed by atoms with Gasteiger partial charge in [0.15, 0.2) is 0 Å². The molecule has 4 nitrogen and oxygen atoms in total. The Bertz CT molecular complexity index is 435. The van der Waals surface area contributed by atoms with Crippen molar-refractivity contribution in [1.29, 1.82) is 0 Å². The Morgan fingerprint density at radius 3 is 2.64 bits per heavy atom. The Morgan fingerprint density at radius 1 is 1.43 bits per heavy atom. The van der Waals surface area contributed by atoms with E-state index in [1.165, 1.54) is 7.05 Å². The van der Waals surface area contributed by atoms with Crippen LogP contribution in [-0.4, -0.2) is 15.5 Å². The highest BCUT2D eigenvalue weighted by molar-refractivity contribution is 9.10. The lowest BCUT2D eigenvalue weighted by atomic mass is 10.3. The maximum absolute atomic E-state index is 11.1. The molecular formula is C7H8BrClN2O2S. The van der Waals surface area contributed by atoms with Crippen LogP contribution < -0.4 is 9.44 Å². The monoisotopic (exact) mass is 298 g/mol. The van der Waals surface area contributed by atoms with Gasteiger partial charge < -0.3 is 0 Å². The first-order chi connectivity index (χ1) is 6.46. The highest BCUT2D eigenvalue weighted by Gasteiger charge is 2.10. The molecule has 0 amide bonds. The zero-order chi connectivity index (χ0) is 10.8. The van der Waals surface area contributed by atoms with Crippen molar-refractivity contribution in [3.8, 4) is 0 Å². The summed E-state index contributed by atoms with van der Waals surface area (Å²) in [6.07, 6.45) is 0. The van der Waals surface area contributed by atoms with Gasteiger partial charge in [0.1, 0.15) is 0 Å². The van der Waals surface area contributed by atoms with Crippen LogP contribution >= 0.6 is 27.5 Å². The molecule has 1 aromatic rings. The third-order valence-corrected chi connectivity index (χ3v) is 3.89. The van der Waals surface area contributed by atoms with Gasteiger partial charge in [-0.2, -0.15) is 8.42 Å². The minimum absolute atomic E-state index is 0.395. The van der Waals surface area contributed by atoms with Crippen LogP contribution in [0.2, 0.25) is 5.02 Å². The van der Waals surface area contributed by atoms with Gasteiger partial charge >= 0.3 is 0 Å². The van der Waals surface area contributed by atoms with Crippen LogP contribution in [0.5, 0.6) is 0 Å². The molecule has 0 bridgehead atoms. The summed E-state index contributed by atoms with van der Waals surface area (Å²) < 4.78 is 27.2. The molecule has 1 aromatic carbocycles. The van der Waals surface area contributed by atoms with Gasteiger partial charge in [0.2, 0.25) is 0 Å². The average Bonchev–Trinajstić information content (AvgIpc) is 2.13. The van der Waals surface area contributed by atoms with E-state index < -0.39 is 10.2 Å². The zero-order valence-electron chi connectivity index (χ0n) is 7.21. The summed E-state index contributed by atoms with van der Waals surface area (Å²) in [5.41, 5.74) is 0.395. The standard InChI is InChI=1S/C7H8BrClN2O2S/c1-10-14(12,13)11-6-4-2-3-5(9)7(6)8/h2-4,10-11H,1H3. The fraction of sp³-hybridized carbons (Fsp3) is 0.143. The van der Waals surface area contributed by atoms with Gasteiger partial charge in [-0.3, -0.25) is 4.72 Å². The lowest BCUT2D eigenvalue weighted by Crippen LogP contribution is -2.26. The topological polar surface area (TPSA) is 58.2 Å². The van der Waals surface area contributed by atoms with Crippen molar-refractivity contribution >= 4 is 43.4 Å². The van der Waals surface area contributed by atoms with Crippen molar-refractivity contribution in [1.82, 2.24) is 4.72 Å². The van der Waals surface area contributed by atoms with E-state index in [0.717, 1.165) is 0 Å². The molecular weight excluding hydrogens is 292 g/mol. The first-order valence-electron chi connectivity index (χ1n) is 3.61. The Hall–Kier alpha value is -0.300. The Balaban J connectivity index is 3.05. The molecule has 0 saturated heterocycles. The Kier molecular flexibility index (Phi) is 3.77. The highest BCUT2D eigenvalue weighted by atomic mass is 79.9. The third kappa shape index (κ3) is 2.84. The quantitative estimate of drug-likeness (QED) is 0.896. The highest BCUT2D eigenvalue weighted by Crippen LogP contribution is 2.30. The molecule has 0 fully saturated rings. The van der Waals surface area contributed by atoms with Crippen LogP contribution in [0.25, 0.3) is 0 Å². The summed E-state index contributed by atoms with van der Waals surface area (Å²) in [7, 11) is -2.18. The second-order valence-corrected chi connectivity index (χ2v) is 5.23. The fourth-order valence-electron chi connectivity index (χ4n) is 0.778. The lowest BCUT2D eigenvalue weighted by Gasteiger charge is -2.08. The van der Waals surface area contributed by atoms with Crippen LogP contribution in [0.4, 0.5) is 5.69 Å². The van der Waals surface area contributed by atoms with E-state index in [4.69, 9.17) is 11.6 Å². The third-order valence-electron chi connectivity index (χ3n) is 1.46. The lowest BCUT2D eigenvalue weighted by molar-refractivity contribution is 0.593. The number of nitrogens with one attached hydrogen (secondary N) is 2. The number of hydrogen-bond donors (Lipinski definition) is 2. The summed E-state index contributed by atoms with van der Waals surface area (Å²) in [5.74, 6) is 0. The van der Waals surface area contributed by atoms with Gasteiger partial charge in [0.05, 0.1) is 15.2 Å².